The molecule has 0 amide bonds. The van der Waals surface area contributed by atoms with Crippen LogP contribution in [0.2, 0.25) is 0 Å². The molecule has 0 aromatic carbocycles. The predicted octanol–water partition coefficient (Wildman–Crippen LogP) is -0.783. The minimum absolute atomic E-state index is 0. The Hall–Kier alpha value is 0.354. The standard InChI is InChI=1S/C8H22N2Si.H4Si/c1-5-9(6-2)11-10(7-3)8-4;/h5-8,11H2,1-4H3;1H4. The van der Waals surface area contributed by atoms with Crippen LogP contribution in [0.5, 0.6) is 0 Å². The van der Waals surface area contributed by atoms with Gasteiger partial charge in [0.05, 0.1) is 0 Å². The van der Waals surface area contributed by atoms with Gasteiger partial charge in [-0.25, -0.2) is 0 Å². The average molecular weight is 206 g/mol. The molecule has 0 heterocycles. The molecule has 0 aliphatic carbocycles. The van der Waals surface area contributed by atoms with E-state index in [9.17, 15) is 0 Å². The maximum atomic E-state index is 2.58. The molecule has 0 fully saturated rings. The van der Waals surface area contributed by atoms with Gasteiger partial charge in [-0.3, -0.25) is 0 Å². The zero-order valence-electron chi connectivity index (χ0n) is 8.43. The first kappa shape index (κ1) is 14.9. The van der Waals surface area contributed by atoms with Crippen molar-refractivity contribution in [1.29, 1.82) is 0 Å². The number of rotatable bonds is 6. The summed E-state index contributed by atoms with van der Waals surface area (Å²) in [5.74, 6) is 0. The van der Waals surface area contributed by atoms with E-state index < -0.39 is 0 Å². The van der Waals surface area contributed by atoms with Crippen molar-refractivity contribution >= 4 is 20.8 Å². The minimum atomic E-state index is -0.0941. The smallest absolute Gasteiger partial charge is 0.172 e. The Kier molecular flexibility index (Phi) is 11.7. The Morgan fingerprint density at radius 3 is 1.17 bits per heavy atom. The highest BCUT2D eigenvalue weighted by atomic mass is 28.2. The lowest BCUT2D eigenvalue weighted by molar-refractivity contribution is 0.401. The van der Waals surface area contributed by atoms with Crippen LogP contribution in [-0.2, 0) is 0 Å². The van der Waals surface area contributed by atoms with Crippen molar-refractivity contribution in [2.45, 2.75) is 27.7 Å². The first-order chi connectivity index (χ1) is 5.28. The van der Waals surface area contributed by atoms with Crippen molar-refractivity contribution in [2.75, 3.05) is 26.2 Å². The number of hydrogen-bond acceptors (Lipinski definition) is 2. The van der Waals surface area contributed by atoms with Gasteiger partial charge in [-0.05, 0) is 37.1 Å². The maximum Gasteiger partial charge on any atom is 0.172 e. The second kappa shape index (κ2) is 9.44. The molecule has 0 saturated carbocycles. The van der Waals surface area contributed by atoms with Crippen molar-refractivity contribution in [3.05, 3.63) is 0 Å². The Balaban J connectivity index is 0. The van der Waals surface area contributed by atoms with Gasteiger partial charge in [-0.15, -0.1) is 0 Å². The molecule has 0 bridgehead atoms. The van der Waals surface area contributed by atoms with E-state index in [4.69, 9.17) is 0 Å². The van der Waals surface area contributed by atoms with E-state index in [1.165, 1.54) is 26.2 Å². The van der Waals surface area contributed by atoms with Crippen LogP contribution in [0.4, 0.5) is 0 Å². The van der Waals surface area contributed by atoms with E-state index in [0.717, 1.165) is 0 Å². The first-order valence-electron chi connectivity index (χ1n) is 4.73. The average Bonchev–Trinajstić information content (AvgIpc) is 2.07. The second-order valence-electron chi connectivity index (χ2n) is 2.75. The molecule has 76 valence electrons. The Morgan fingerprint density at radius 2 is 1.00 bits per heavy atom. The molecule has 2 nitrogen and oxygen atoms in total. The maximum absolute atomic E-state index is 2.58. The van der Waals surface area contributed by atoms with Crippen LogP contribution in [0, 0.1) is 0 Å². The van der Waals surface area contributed by atoms with Crippen LogP contribution in [0.3, 0.4) is 0 Å². The van der Waals surface area contributed by atoms with Gasteiger partial charge in [0.15, 0.2) is 9.84 Å². The van der Waals surface area contributed by atoms with E-state index in [0.29, 0.717) is 0 Å². The third kappa shape index (κ3) is 5.94. The van der Waals surface area contributed by atoms with E-state index in [1.54, 1.807) is 0 Å². The Labute approximate surface area is 84.3 Å². The predicted molar refractivity (Wildman–Crippen MR) is 65.7 cm³/mol. The molecule has 0 aliphatic heterocycles. The summed E-state index contributed by atoms with van der Waals surface area (Å²) in [6.45, 7) is 13.9. The van der Waals surface area contributed by atoms with E-state index in [-0.39, 0.29) is 20.8 Å². The lowest BCUT2D eigenvalue weighted by Gasteiger charge is -2.26. The number of hydrogen-bond donors (Lipinski definition) is 0. The highest BCUT2D eigenvalue weighted by molar-refractivity contribution is 6.28. The molecule has 0 N–H and O–H groups in total. The molecule has 0 unspecified atom stereocenters. The van der Waals surface area contributed by atoms with Gasteiger partial charge >= 0.3 is 0 Å². The van der Waals surface area contributed by atoms with Crippen molar-refractivity contribution in [3.63, 3.8) is 0 Å². The van der Waals surface area contributed by atoms with E-state index >= 15 is 0 Å². The van der Waals surface area contributed by atoms with Crippen molar-refractivity contribution < 1.29 is 0 Å². The largest absolute Gasteiger partial charge is 0.317 e. The summed E-state index contributed by atoms with van der Waals surface area (Å²) in [5.41, 5.74) is 0. The minimum Gasteiger partial charge on any atom is -0.317 e. The van der Waals surface area contributed by atoms with Crippen LogP contribution in [0.1, 0.15) is 27.7 Å². The van der Waals surface area contributed by atoms with Gasteiger partial charge in [-0.2, -0.15) is 0 Å². The Morgan fingerprint density at radius 1 is 0.750 bits per heavy atom. The Bertz CT molecular complexity index is 73.1. The fraction of sp³-hybridized carbons (Fsp3) is 1.00. The fourth-order valence-corrected chi connectivity index (χ4v) is 2.50. The topological polar surface area (TPSA) is 6.48 Å². The second-order valence-corrected chi connectivity index (χ2v) is 4.82. The van der Waals surface area contributed by atoms with Gasteiger partial charge in [0.1, 0.15) is 0 Å². The summed E-state index contributed by atoms with van der Waals surface area (Å²) in [7, 11) is -0.0941. The van der Waals surface area contributed by atoms with Crippen molar-refractivity contribution in [2.24, 2.45) is 0 Å². The molecular weight excluding hydrogens is 180 g/mol. The molecule has 0 aliphatic rings. The van der Waals surface area contributed by atoms with Gasteiger partial charge in [0.25, 0.3) is 0 Å². The normalized spacial score (nSPS) is 10.5. The SMILES string of the molecule is CCN(CC)[SiH2]N(CC)CC.[SiH4]. The van der Waals surface area contributed by atoms with Crippen LogP contribution < -0.4 is 0 Å². The molecule has 0 atom stereocenters. The quantitative estimate of drug-likeness (QED) is 0.526. The molecule has 0 aromatic rings. The van der Waals surface area contributed by atoms with Crippen LogP contribution in [0.15, 0.2) is 0 Å². The lowest BCUT2D eigenvalue weighted by atomic mass is 10.7. The summed E-state index contributed by atoms with van der Waals surface area (Å²) in [5, 5.41) is 0. The molecular formula is C8H26N2Si2. The zero-order chi connectivity index (χ0) is 8.69. The molecule has 0 radical (unpaired) electrons. The summed E-state index contributed by atoms with van der Waals surface area (Å²) in [4.78, 5) is 0. The van der Waals surface area contributed by atoms with Gasteiger partial charge in [0.2, 0.25) is 0 Å². The van der Waals surface area contributed by atoms with Crippen molar-refractivity contribution in [1.82, 2.24) is 9.13 Å². The van der Waals surface area contributed by atoms with Crippen molar-refractivity contribution in [3.8, 4) is 0 Å². The highest BCUT2D eigenvalue weighted by Gasteiger charge is 2.04. The molecule has 12 heavy (non-hydrogen) atoms. The number of nitrogens with zero attached hydrogens (tertiary/aromatic N) is 2. The highest BCUT2D eigenvalue weighted by Crippen LogP contribution is 1.89. The van der Waals surface area contributed by atoms with Crippen LogP contribution >= 0.6 is 0 Å². The van der Waals surface area contributed by atoms with Crippen LogP contribution in [-0.4, -0.2) is 56.1 Å². The molecule has 4 heteroatoms. The van der Waals surface area contributed by atoms with E-state index in [2.05, 4.69) is 36.8 Å². The first-order valence-corrected chi connectivity index (χ1v) is 5.99. The fourth-order valence-electron chi connectivity index (χ4n) is 1.13. The van der Waals surface area contributed by atoms with Gasteiger partial charge in [-0.1, -0.05) is 27.7 Å². The van der Waals surface area contributed by atoms with Gasteiger partial charge in [0, 0.05) is 0 Å². The third-order valence-corrected chi connectivity index (χ3v) is 4.78. The molecule has 0 rings (SSSR count). The monoisotopic (exact) mass is 206 g/mol. The third-order valence-electron chi connectivity index (χ3n) is 2.19. The summed E-state index contributed by atoms with van der Waals surface area (Å²) >= 11 is 0. The summed E-state index contributed by atoms with van der Waals surface area (Å²) in [6, 6.07) is 0. The summed E-state index contributed by atoms with van der Waals surface area (Å²) < 4.78 is 5.15. The molecule has 0 aromatic heterocycles. The van der Waals surface area contributed by atoms with Gasteiger partial charge < -0.3 is 9.13 Å². The lowest BCUT2D eigenvalue weighted by Crippen LogP contribution is -2.41. The van der Waals surface area contributed by atoms with E-state index in [1.807, 2.05) is 0 Å². The molecule has 0 saturated heterocycles. The van der Waals surface area contributed by atoms with Crippen LogP contribution in [0.25, 0.3) is 0 Å². The zero-order valence-corrected chi connectivity index (χ0v) is 9.84. The summed E-state index contributed by atoms with van der Waals surface area (Å²) in [6.07, 6.45) is 0. The molecule has 0 spiro atoms.